The van der Waals surface area contributed by atoms with E-state index in [9.17, 15) is 24.5 Å². The first kappa shape index (κ1) is 25.0. The number of rotatable bonds is 4. The molecule has 0 bridgehead atoms. The predicted octanol–water partition coefficient (Wildman–Crippen LogP) is 6.05. The highest BCUT2D eigenvalue weighted by atomic mass is 35.5. The summed E-state index contributed by atoms with van der Waals surface area (Å²) < 4.78 is 0. The molecule has 200 valence electrons. The van der Waals surface area contributed by atoms with Gasteiger partial charge >= 0.3 is 0 Å². The van der Waals surface area contributed by atoms with Gasteiger partial charge in [0, 0.05) is 39.8 Å². The maximum Gasteiger partial charge on any atom is 0.269 e. The summed E-state index contributed by atoms with van der Waals surface area (Å²) in [6.07, 6.45) is 1.62. The number of carbonyl (C=O) groups is 3. The van der Waals surface area contributed by atoms with Crippen molar-refractivity contribution in [1.29, 1.82) is 0 Å². The van der Waals surface area contributed by atoms with E-state index < -0.39 is 39.9 Å². The van der Waals surface area contributed by atoms with Gasteiger partial charge < -0.3 is 0 Å². The zero-order valence-electron chi connectivity index (χ0n) is 21.3. The van der Waals surface area contributed by atoms with Gasteiger partial charge in [-0.15, -0.1) is 0 Å². The van der Waals surface area contributed by atoms with Crippen molar-refractivity contribution >= 4 is 40.9 Å². The highest BCUT2D eigenvalue weighted by molar-refractivity contribution is 6.32. The molecule has 0 radical (unpaired) electrons. The minimum Gasteiger partial charge on any atom is -0.293 e. The van der Waals surface area contributed by atoms with Gasteiger partial charge in [0.15, 0.2) is 17.3 Å². The van der Waals surface area contributed by atoms with Crippen LogP contribution in [0.3, 0.4) is 0 Å². The standard InChI is InChI=1S/C32H20ClN3O5/c33-21-14-12-18(13-15-21)28(37)27-26(19-7-5-8-22(16-19)36(40)41)32(30(38)24-10-3-4-11-25(24)31(32)39)29-23-9-2-1-6-20(23)17-34-35(27)29/h1-17,26-27,29H/t26-,27+,29+/m1/s1. The van der Waals surface area contributed by atoms with Crippen molar-refractivity contribution in [1.82, 2.24) is 5.01 Å². The van der Waals surface area contributed by atoms with E-state index in [1.54, 1.807) is 65.8 Å². The van der Waals surface area contributed by atoms with Gasteiger partial charge in [-0.3, -0.25) is 29.5 Å². The van der Waals surface area contributed by atoms with Crippen LogP contribution >= 0.6 is 11.6 Å². The summed E-state index contributed by atoms with van der Waals surface area (Å²) in [5.41, 5.74) is 0.567. The van der Waals surface area contributed by atoms with Crippen molar-refractivity contribution in [2.45, 2.75) is 18.0 Å². The molecule has 1 saturated heterocycles. The van der Waals surface area contributed by atoms with Crippen LogP contribution in [0.4, 0.5) is 5.69 Å². The van der Waals surface area contributed by atoms with Crippen molar-refractivity contribution in [3.8, 4) is 0 Å². The Morgan fingerprint density at radius 3 is 2.22 bits per heavy atom. The molecule has 0 amide bonds. The molecular weight excluding hydrogens is 542 g/mol. The van der Waals surface area contributed by atoms with E-state index in [1.807, 2.05) is 24.3 Å². The average molecular weight is 562 g/mol. The summed E-state index contributed by atoms with van der Waals surface area (Å²) in [6, 6.07) is 24.1. The lowest BCUT2D eigenvalue weighted by molar-refractivity contribution is -0.384. The number of fused-ring (bicyclic) bond motifs is 5. The van der Waals surface area contributed by atoms with Crippen LogP contribution in [-0.2, 0) is 0 Å². The van der Waals surface area contributed by atoms with Crippen LogP contribution in [0.25, 0.3) is 0 Å². The third-order valence-corrected chi connectivity index (χ3v) is 8.67. The number of nitro benzene ring substituents is 1. The summed E-state index contributed by atoms with van der Waals surface area (Å²) >= 11 is 6.10. The first-order valence-corrected chi connectivity index (χ1v) is 13.4. The number of Topliss-reactive ketones (excluding diaryl/α,β-unsaturated/α-hetero) is 3. The molecule has 4 aromatic rings. The molecule has 2 aliphatic heterocycles. The lowest BCUT2D eigenvalue weighted by atomic mass is 9.63. The van der Waals surface area contributed by atoms with Crippen LogP contribution in [0.5, 0.6) is 0 Å². The second kappa shape index (κ2) is 9.04. The maximum absolute atomic E-state index is 14.7. The minimum absolute atomic E-state index is 0.209. The average Bonchev–Trinajstić information content (AvgIpc) is 3.43. The van der Waals surface area contributed by atoms with Crippen LogP contribution in [-0.4, -0.2) is 39.5 Å². The Morgan fingerprint density at radius 1 is 0.878 bits per heavy atom. The minimum atomic E-state index is -1.81. The van der Waals surface area contributed by atoms with E-state index in [2.05, 4.69) is 5.10 Å². The van der Waals surface area contributed by atoms with Crippen molar-refractivity contribution in [2.24, 2.45) is 10.5 Å². The SMILES string of the molecule is O=C(c1ccc(Cl)cc1)[C@@H]1[C@@H](c2cccc([N+](=O)[O-])c2)C2(C(=O)c3ccccc3C2=O)[C@@H]2c3ccccc3C=NN12. The maximum atomic E-state index is 14.7. The van der Waals surface area contributed by atoms with Gasteiger partial charge in [-0.1, -0.05) is 72.3 Å². The largest absolute Gasteiger partial charge is 0.293 e. The molecule has 4 aromatic carbocycles. The lowest BCUT2D eigenvalue weighted by Crippen LogP contribution is -2.43. The molecular formula is C32H20ClN3O5. The normalized spacial score (nSPS) is 21.5. The Balaban J connectivity index is 1.56. The number of non-ortho nitro benzene ring substituents is 1. The van der Waals surface area contributed by atoms with Crippen molar-refractivity contribution in [3.05, 3.63) is 146 Å². The number of nitrogens with zero attached hydrogens (tertiary/aromatic N) is 3. The fourth-order valence-corrected chi connectivity index (χ4v) is 6.89. The van der Waals surface area contributed by atoms with Gasteiger partial charge in [-0.05, 0) is 41.0 Å². The molecule has 0 unspecified atom stereocenters. The highest BCUT2D eigenvalue weighted by Crippen LogP contribution is 2.64. The van der Waals surface area contributed by atoms with Gasteiger partial charge in [0.2, 0.25) is 0 Å². The van der Waals surface area contributed by atoms with E-state index in [1.165, 1.54) is 18.2 Å². The summed E-state index contributed by atoms with van der Waals surface area (Å²) in [6.45, 7) is 0. The molecule has 7 rings (SSSR count). The number of benzene rings is 4. The molecule has 2 heterocycles. The molecule has 0 saturated carbocycles. The number of carbonyl (C=O) groups excluding carboxylic acids is 3. The topological polar surface area (TPSA) is 110 Å². The Morgan fingerprint density at radius 2 is 1.54 bits per heavy atom. The zero-order valence-corrected chi connectivity index (χ0v) is 22.1. The van der Waals surface area contributed by atoms with Gasteiger partial charge in [-0.2, -0.15) is 5.10 Å². The number of ketones is 3. The molecule has 9 heteroatoms. The van der Waals surface area contributed by atoms with Gasteiger partial charge in [-0.25, -0.2) is 0 Å². The molecule has 1 spiro atoms. The van der Waals surface area contributed by atoms with Crippen LogP contribution in [0.1, 0.15) is 59.7 Å². The van der Waals surface area contributed by atoms with Crippen LogP contribution in [0.2, 0.25) is 5.02 Å². The van der Waals surface area contributed by atoms with Crippen molar-refractivity contribution < 1.29 is 19.3 Å². The smallest absolute Gasteiger partial charge is 0.269 e. The number of hydrogen-bond donors (Lipinski definition) is 0. The Hall–Kier alpha value is -4.95. The lowest BCUT2D eigenvalue weighted by Gasteiger charge is -2.36. The molecule has 3 atom stereocenters. The zero-order chi connectivity index (χ0) is 28.5. The molecule has 3 aliphatic rings. The molecule has 8 nitrogen and oxygen atoms in total. The molecule has 0 aromatic heterocycles. The summed E-state index contributed by atoms with van der Waals surface area (Å²) in [5, 5.41) is 18.5. The summed E-state index contributed by atoms with van der Waals surface area (Å²) in [7, 11) is 0. The molecule has 41 heavy (non-hydrogen) atoms. The first-order chi connectivity index (χ1) is 19.8. The first-order valence-electron chi connectivity index (χ1n) is 13.0. The van der Waals surface area contributed by atoms with E-state index >= 15 is 0 Å². The Labute approximate surface area is 239 Å². The van der Waals surface area contributed by atoms with E-state index in [0.29, 0.717) is 21.7 Å². The summed E-state index contributed by atoms with van der Waals surface area (Å²) in [4.78, 5) is 55.1. The van der Waals surface area contributed by atoms with Crippen molar-refractivity contribution in [2.75, 3.05) is 0 Å². The number of halogens is 1. The third kappa shape index (κ3) is 3.40. The predicted molar refractivity (Wildman–Crippen MR) is 152 cm³/mol. The van der Waals surface area contributed by atoms with Crippen molar-refractivity contribution in [3.63, 3.8) is 0 Å². The second-order valence-electron chi connectivity index (χ2n) is 10.4. The van der Waals surface area contributed by atoms with E-state index in [0.717, 1.165) is 5.56 Å². The fraction of sp³-hybridized carbons (Fsp3) is 0.125. The van der Waals surface area contributed by atoms with E-state index in [-0.39, 0.29) is 22.6 Å². The van der Waals surface area contributed by atoms with Gasteiger partial charge in [0.05, 0.1) is 17.2 Å². The van der Waals surface area contributed by atoms with Gasteiger partial charge in [0.25, 0.3) is 5.69 Å². The van der Waals surface area contributed by atoms with Crippen LogP contribution < -0.4 is 0 Å². The fourth-order valence-electron chi connectivity index (χ4n) is 6.77. The monoisotopic (exact) mass is 561 g/mol. The number of hydrogen-bond acceptors (Lipinski definition) is 7. The number of nitro groups is 1. The molecule has 0 N–H and O–H groups in total. The van der Waals surface area contributed by atoms with Crippen LogP contribution in [0, 0.1) is 15.5 Å². The molecule has 1 fully saturated rings. The quantitative estimate of drug-likeness (QED) is 0.130. The Bertz CT molecular complexity index is 1800. The summed E-state index contributed by atoms with van der Waals surface area (Å²) in [5.74, 6) is -2.33. The second-order valence-corrected chi connectivity index (χ2v) is 10.8. The van der Waals surface area contributed by atoms with E-state index in [4.69, 9.17) is 11.6 Å². The van der Waals surface area contributed by atoms with Gasteiger partial charge in [0.1, 0.15) is 11.5 Å². The van der Waals surface area contributed by atoms with Crippen LogP contribution in [0.15, 0.2) is 102 Å². The highest BCUT2D eigenvalue weighted by Gasteiger charge is 2.72. The third-order valence-electron chi connectivity index (χ3n) is 8.41. The molecule has 1 aliphatic carbocycles. The number of hydrazone groups is 1. The Kier molecular flexibility index (Phi) is 5.52.